The number of benzene rings is 1. The van der Waals surface area contributed by atoms with Crippen LogP contribution in [-0.2, 0) is 38.0 Å². The molecule has 1 aromatic carbocycles. The first kappa shape index (κ1) is 46.6. The lowest BCUT2D eigenvalue weighted by Gasteiger charge is -2.38. The number of carboxylic acid groups (broad SMARTS) is 1. The van der Waals surface area contributed by atoms with E-state index in [1.165, 1.54) is 6.20 Å². The number of alkyl carbamates (subject to hydrolysis) is 2. The van der Waals surface area contributed by atoms with Gasteiger partial charge in [-0.15, -0.1) is 11.8 Å². The van der Waals surface area contributed by atoms with Crippen LogP contribution in [0.1, 0.15) is 25.7 Å². The van der Waals surface area contributed by atoms with E-state index in [1.807, 2.05) is 0 Å². The van der Waals surface area contributed by atoms with E-state index in [0.29, 0.717) is 76.3 Å². The number of aliphatic hydroxyl groups is 3. The lowest BCUT2D eigenvalue weighted by molar-refractivity contribution is -0.270. The van der Waals surface area contributed by atoms with E-state index >= 15 is 0 Å². The van der Waals surface area contributed by atoms with E-state index in [4.69, 9.17) is 42.6 Å². The van der Waals surface area contributed by atoms with Crippen molar-refractivity contribution in [3.05, 3.63) is 21.2 Å². The zero-order valence-corrected chi connectivity index (χ0v) is 35.4. The van der Waals surface area contributed by atoms with E-state index in [-0.39, 0.29) is 58.5 Å². The highest BCUT2D eigenvalue weighted by atomic mass is 79.9. The Bertz CT molecular complexity index is 1720. The number of aliphatic carboxylic acids is 1. The van der Waals surface area contributed by atoms with Crippen LogP contribution in [0.2, 0.25) is 0 Å². The van der Waals surface area contributed by atoms with Gasteiger partial charge in [0.2, 0.25) is 6.29 Å². The Hall–Kier alpha value is -3.43. The number of aromatic amines is 1. The Morgan fingerprint density at radius 2 is 1.36 bits per heavy atom. The van der Waals surface area contributed by atoms with Crippen molar-refractivity contribution in [2.75, 3.05) is 85.8 Å². The molecule has 1 saturated heterocycles. The molecule has 59 heavy (non-hydrogen) atoms. The number of carbonyl (C=O) groups is 3. The number of hydrogen-bond acceptors (Lipinski definition) is 15. The summed E-state index contributed by atoms with van der Waals surface area (Å²) in [7, 11) is 0. The maximum atomic E-state index is 12.0. The fraction of sp³-hybridized carbons (Fsp3) is 0.658. The van der Waals surface area contributed by atoms with Gasteiger partial charge >= 0.3 is 18.2 Å². The van der Waals surface area contributed by atoms with Crippen molar-refractivity contribution in [3.63, 3.8) is 0 Å². The minimum absolute atomic E-state index is 0.0478. The predicted octanol–water partition coefficient (Wildman–Crippen LogP) is 2.30. The topological polar surface area (TPSA) is 255 Å². The van der Waals surface area contributed by atoms with Gasteiger partial charge in [-0.1, -0.05) is 0 Å². The molecule has 2 aliphatic carbocycles. The van der Waals surface area contributed by atoms with Crippen molar-refractivity contribution < 1.29 is 77.4 Å². The lowest BCUT2D eigenvalue weighted by atomic mass is 9.99. The third kappa shape index (κ3) is 14.1. The first-order valence-corrected chi connectivity index (χ1v) is 20.9. The van der Waals surface area contributed by atoms with Crippen molar-refractivity contribution >= 4 is 60.9 Å². The SMILES string of the molecule is O=C(NCCOCCOCCNC(=O)OCC1[C@H]2CCC#CCC[C@@H]12)OCCOCCOCCOc1c(Br)cc2[nH]cc(O[C@@H]3O[C@H](C(=O)O)[C@@H](O)[C@H](O)[C@H]3O)c2c1Br. The number of rotatable bonds is 24. The molecule has 0 spiro atoms. The van der Waals surface area contributed by atoms with E-state index in [1.54, 1.807) is 6.07 Å². The Kier molecular flexibility index (Phi) is 19.1. The Morgan fingerprint density at radius 3 is 1.98 bits per heavy atom. The summed E-state index contributed by atoms with van der Waals surface area (Å²) in [6.45, 7) is 3.42. The van der Waals surface area contributed by atoms with Gasteiger partial charge in [-0.25, -0.2) is 14.4 Å². The number of amides is 2. The highest BCUT2D eigenvalue weighted by Crippen LogP contribution is 2.52. The highest BCUT2D eigenvalue weighted by molar-refractivity contribution is 9.11. The second-order valence-electron chi connectivity index (χ2n) is 13.7. The van der Waals surface area contributed by atoms with E-state index < -0.39 is 48.9 Å². The average molecular weight is 966 g/mol. The summed E-state index contributed by atoms with van der Waals surface area (Å²) >= 11 is 6.98. The van der Waals surface area contributed by atoms with Gasteiger partial charge in [0, 0.05) is 32.1 Å². The molecule has 0 radical (unpaired) electrons. The van der Waals surface area contributed by atoms with Gasteiger partial charge in [0.05, 0.1) is 79.3 Å². The standard InChI is InChI=1S/C38H51Br2N3O16/c39-25-19-26-28(27(20-43-26)58-36-32(46)30(44)31(45)34(59-36)35(47)48)29(40)33(25)55-17-15-53-13-14-54-16-18-56-37(49)41-7-9-51-11-12-52-10-8-42-38(50)57-21-24-22-5-3-1-2-4-6-23(22)24/h19-20,22-24,30-32,34,36,43-46H,3-18,21H2,(H,41,49)(H,42,50)(H,47,48)/t22-,23+,24?,30-,31-,32+,34-,36+/m0/s1. The smallest absolute Gasteiger partial charge is 0.407 e. The molecule has 2 amide bonds. The van der Waals surface area contributed by atoms with Gasteiger partial charge < -0.3 is 78.7 Å². The number of ether oxygens (including phenoxy) is 9. The van der Waals surface area contributed by atoms with Crippen LogP contribution < -0.4 is 20.1 Å². The molecule has 1 aliphatic heterocycles. The van der Waals surface area contributed by atoms with Crippen molar-refractivity contribution in [1.82, 2.24) is 15.6 Å². The lowest BCUT2D eigenvalue weighted by Crippen LogP contribution is -2.61. The molecular formula is C38H51Br2N3O16. The fourth-order valence-corrected chi connectivity index (χ4v) is 8.26. The minimum Gasteiger partial charge on any atom is -0.489 e. The molecule has 2 aromatic rings. The van der Waals surface area contributed by atoms with Crippen LogP contribution >= 0.6 is 31.9 Å². The molecule has 1 saturated carbocycles. The van der Waals surface area contributed by atoms with Crippen molar-refractivity contribution in [2.45, 2.75) is 56.4 Å². The molecule has 7 N–H and O–H groups in total. The van der Waals surface area contributed by atoms with E-state index in [2.05, 4.69) is 59.3 Å². The molecule has 1 unspecified atom stereocenters. The zero-order valence-electron chi connectivity index (χ0n) is 32.2. The van der Waals surface area contributed by atoms with Crippen LogP contribution in [0.5, 0.6) is 11.5 Å². The summed E-state index contributed by atoms with van der Waals surface area (Å²) in [5.41, 5.74) is 0.596. The average Bonchev–Trinajstić information content (AvgIpc) is 3.67. The Balaban J connectivity index is 0.826. The van der Waals surface area contributed by atoms with Crippen LogP contribution in [-0.4, -0.2) is 160 Å². The quantitative estimate of drug-likeness (QED) is 0.0589. The second kappa shape index (κ2) is 24.1. The van der Waals surface area contributed by atoms with Crippen molar-refractivity contribution in [3.8, 4) is 23.3 Å². The van der Waals surface area contributed by atoms with Gasteiger partial charge in [0.25, 0.3) is 0 Å². The van der Waals surface area contributed by atoms with Crippen LogP contribution in [0.15, 0.2) is 21.2 Å². The molecule has 19 nitrogen and oxygen atoms in total. The molecular weight excluding hydrogens is 914 g/mol. The maximum absolute atomic E-state index is 12.0. The molecule has 8 atom stereocenters. The molecule has 3 aliphatic rings. The van der Waals surface area contributed by atoms with Crippen molar-refractivity contribution in [1.29, 1.82) is 0 Å². The van der Waals surface area contributed by atoms with Crippen LogP contribution in [0.4, 0.5) is 9.59 Å². The Labute approximate surface area is 357 Å². The maximum Gasteiger partial charge on any atom is 0.407 e. The van der Waals surface area contributed by atoms with Gasteiger partial charge in [-0.2, -0.15) is 0 Å². The molecule has 5 rings (SSSR count). The third-order valence-corrected chi connectivity index (χ3v) is 11.1. The molecule has 2 fully saturated rings. The largest absolute Gasteiger partial charge is 0.489 e. The predicted molar refractivity (Wildman–Crippen MR) is 213 cm³/mol. The minimum atomic E-state index is -1.85. The summed E-state index contributed by atoms with van der Waals surface area (Å²) in [5, 5.41) is 45.5. The monoisotopic (exact) mass is 963 g/mol. The highest BCUT2D eigenvalue weighted by Gasteiger charge is 2.50. The fourth-order valence-electron chi connectivity index (χ4n) is 6.72. The molecule has 0 bridgehead atoms. The van der Waals surface area contributed by atoms with Gasteiger partial charge in [-0.05, 0) is 68.5 Å². The molecule has 2 heterocycles. The summed E-state index contributed by atoms with van der Waals surface area (Å²) in [6, 6.07) is 1.73. The molecule has 21 heteroatoms. The Morgan fingerprint density at radius 1 is 0.780 bits per heavy atom. The number of hydrogen-bond donors (Lipinski definition) is 7. The normalized spacial score (nSPS) is 24.8. The number of carbonyl (C=O) groups excluding carboxylic acids is 2. The van der Waals surface area contributed by atoms with Gasteiger partial charge in [-0.3, -0.25) is 0 Å². The number of carboxylic acids is 1. The molecule has 328 valence electrons. The third-order valence-electron chi connectivity index (χ3n) is 9.79. The summed E-state index contributed by atoms with van der Waals surface area (Å²) in [6.07, 6.45) is -4.31. The molecule has 1 aromatic heterocycles. The number of fused-ring (bicyclic) bond motifs is 2. The van der Waals surface area contributed by atoms with Gasteiger partial charge in [0.1, 0.15) is 43.0 Å². The number of aromatic nitrogens is 1. The summed E-state index contributed by atoms with van der Waals surface area (Å²) in [5.74, 6) is 7.12. The van der Waals surface area contributed by atoms with Crippen LogP contribution in [0, 0.1) is 29.6 Å². The zero-order chi connectivity index (χ0) is 42.1. The number of nitrogens with one attached hydrogen (secondary N) is 3. The van der Waals surface area contributed by atoms with Crippen LogP contribution in [0.25, 0.3) is 10.9 Å². The van der Waals surface area contributed by atoms with Crippen molar-refractivity contribution in [2.24, 2.45) is 17.8 Å². The number of aliphatic hydroxyl groups excluding tert-OH is 3. The van der Waals surface area contributed by atoms with E-state index in [0.717, 1.165) is 25.7 Å². The second-order valence-corrected chi connectivity index (χ2v) is 15.4. The number of halogens is 2. The number of H-pyrrole nitrogens is 1. The summed E-state index contributed by atoms with van der Waals surface area (Å²) in [4.78, 5) is 38.3. The first-order valence-electron chi connectivity index (χ1n) is 19.4. The van der Waals surface area contributed by atoms with Gasteiger partial charge in [0.15, 0.2) is 6.10 Å². The van der Waals surface area contributed by atoms with Crippen LogP contribution in [0.3, 0.4) is 0 Å². The summed E-state index contributed by atoms with van der Waals surface area (Å²) < 4.78 is 50.3. The first-order chi connectivity index (χ1) is 28.6. The van der Waals surface area contributed by atoms with E-state index in [9.17, 15) is 34.8 Å².